The van der Waals surface area contributed by atoms with Crippen LogP contribution >= 0.6 is 11.5 Å². The molecule has 3 nitrogen and oxygen atoms in total. The fraction of sp³-hybridized carbons (Fsp3) is 0.0769. The minimum absolute atomic E-state index is 0.770. The average molecular weight is 242 g/mol. The molecule has 0 aliphatic heterocycles. The van der Waals surface area contributed by atoms with Crippen LogP contribution in [-0.4, -0.2) is 16.5 Å². The molecule has 84 valence electrons. The van der Waals surface area contributed by atoms with Gasteiger partial charge in [-0.1, -0.05) is 12.1 Å². The Morgan fingerprint density at radius 2 is 2.00 bits per heavy atom. The Morgan fingerprint density at radius 3 is 2.88 bits per heavy atom. The molecule has 3 rings (SSSR count). The molecule has 0 saturated heterocycles. The van der Waals surface area contributed by atoms with E-state index >= 15 is 0 Å². The molecule has 0 spiro atoms. The molecular weight excluding hydrogens is 232 g/mol. The maximum absolute atomic E-state index is 5.18. The van der Waals surface area contributed by atoms with Gasteiger partial charge in [0.05, 0.1) is 18.0 Å². The Bertz CT molecular complexity index is 663. The third-order valence-corrected chi connectivity index (χ3v) is 3.40. The highest BCUT2D eigenvalue weighted by Crippen LogP contribution is 2.27. The third-order valence-electron chi connectivity index (χ3n) is 2.64. The molecule has 0 aliphatic rings. The van der Waals surface area contributed by atoms with Gasteiger partial charge in [0.1, 0.15) is 5.75 Å². The van der Waals surface area contributed by atoms with Gasteiger partial charge in [0.2, 0.25) is 0 Å². The number of ether oxygens (including phenoxy) is 1. The maximum Gasteiger partial charge on any atom is 0.137 e. The minimum Gasteiger partial charge on any atom is -0.495 e. The van der Waals surface area contributed by atoms with E-state index in [-0.39, 0.29) is 0 Å². The summed E-state index contributed by atoms with van der Waals surface area (Å²) in [5, 5.41) is 1.18. The first kappa shape index (κ1) is 10.2. The quantitative estimate of drug-likeness (QED) is 0.691. The van der Waals surface area contributed by atoms with Gasteiger partial charge < -0.3 is 4.74 Å². The summed E-state index contributed by atoms with van der Waals surface area (Å²) in [5.41, 5.74) is 2.19. The summed E-state index contributed by atoms with van der Waals surface area (Å²) in [7, 11) is 1.65. The van der Waals surface area contributed by atoms with Crippen LogP contribution in [0.1, 0.15) is 0 Å². The van der Waals surface area contributed by atoms with Crippen molar-refractivity contribution in [3.8, 4) is 16.9 Å². The molecule has 0 radical (unpaired) electrons. The Kier molecular flexibility index (Phi) is 2.49. The van der Waals surface area contributed by atoms with E-state index in [2.05, 4.69) is 27.6 Å². The number of benzene rings is 1. The van der Waals surface area contributed by atoms with E-state index in [1.807, 2.05) is 18.5 Å². The molecule has 2 aromatic heterocycles. The van der Waals surface area contributed by atoms with Gasteiger partial charge >= 0.3 is 0 Å². The molecule has 17 heavy (non-hydrogen) atoms. The summed E-state index contributed by atoms with van der Waals surface area (Å²) in [6.45, 7) is 0. The highest BCUT2D eigenvalue weighted by atomic mass is 32.1. The second-order valence-corrected chi connectivity index (χ2v) is 4.53. The smallest absolute Gasteiger partial charge is 0.137 e. The molecule has 0 bridgehead atoms. The van der Waals surface area contributed by atoms with E-state index in [1.54, 1.807) is 13.3 Å². The van der Waals surface area contributed by atoms with Crippen molar-refractivity contribution < 1.29 is 4.74 Å². The lowest BCUT2D eigenvalue weighted by molar-refractivity contribution is 0.413. The SMILES string of the molecule is COc1cncc(-c2ccc3cnsc3c2)c1. The van der Waals surface area contributed by atoms with Crippen molar-refractivity contribution in [2.45, 2.75) is 0 Å². The fourth-order valence-corrected chi connectivity index (χ4v) is 2.41. The van der Waals surface area contributed by atoms with Crippen LogP contribution in [0.2, 0.25) is 0 Å². The van der Waals surface area contributed by atoms with Crippen molar-refractivity contribution in [1.29, 1.82) is 0 Å². The molecule has 0 unspecified atom stereocenters. The van der Waals surface area contributed by atoms with Crippen molar-refractivity contribution in [2.24, 2.45) is 0 Å². The summed E-state index contributed by atoms with van der Waals surface area (Å²) < 4.78 is 10.5. The van der Waals surface area contributed by atoms with E-state index in [9.17, 15) is 0 Å². The van der Waals surface area contributed by atoms with Crippen LogP contribution in [0.4, 0.5) is 0 Å². The fourth-order valence-electron chi connectivity index (χ4n) is 1.73. The van der Waals surface area contributed by atoms with Crippen molar-refractivity contribution in [3.63, 3.8) is 0 Å². The molecule has 0 fully saturated rings. The Morgan fingerprint density at radius 1 is 1.06 bits per heavy atom. The van der Waals surface area contributed by atoms with Crippen LogP contribution < -0.4 is 4.74 Å². The van der Waals surface area contributed by atoms with E-state index in [4.69, 9.17) is 4.74 Å². The average Bonchev–Trinajstić information content (AvgIpc) is 2.86. The standard InChI is InChI=1S/C13H10N2OS/c1-16-12-4-11(6-14-8-12)9-2-3-10-7-15-17-13(10)5-9/h2-8H,1H3. The van der Waals surface area contributed by atoms with Crippen LogP contribution in [0.15, 0.2) is 42.9 Å². The predicted molar refractivity (Wildman–Crippen MR) is 69.4 cm³/mol. The zero-order valence-corrected chi connectivity index (χ0v) is 10.1. The van der Waals surface area contributed by atoms with Gasteiger partial charge in [0.15, 0.2) is 0 Å². The Balaban J connectivity index is 2.12. The molecule has 0 atom stereocenters. The normalized spacial score (nSPS) is 10.6. The van der Waals surface area contributed by atoms with Crippen LogP contribution in [-0.2, 0) is 0 Å². The summed E-state index contributed by atoms with van der Waals surface area (Å²) in [4.78, 5) is 4.16. The van der Waals surface area contributed by atoms with E-state index < -0.39 is 0 Å². The first-order chi connectivity index (χ1) is 8.36. The highest BCUT2D eigenvalue weighted by molar-refractivity contribution is 7.13. The summed E-state index contributed by atoms with van der Waals surface area (Å²) in [6, 6.07) is 8.26. The number of aromatic nitrogens is 2. The zero-order valence-electron chi connectivity index (χ0n) is 9.25. The van der Waals surface area contributed by atoms with E-state index in [1.165, 1.54) is 21.6 Å². The number of hydrogen-bond acceptors (Lipinski definition) is 4. The Hall–Kier alpha value is -1.94. The Labute approximate surface area is 103 Å². The number of fused-ring (bicyclic) bond motifs is 1. The van der Waals surface area contributed by atoms with Gasteiger partial charge in [-0.25, -0.2) is 0 Å². The van der Waals surface area contributed by atoms with Gasteiger partial charge in [0.25, 0.3) is 0 Å². The molecule has 2 heterocycles. The van der Waals surface area contributed by atoms with Crippen LogP contribution in [0, 0.1) is 0 Å². The van der Waals surface area contributed by atoms with Crippen molar-refractivity contribution >= 4 is 21.6 Å². The van der Waals surface area contributed by atoms with E-state index in [0.29, 0.717) is 0 Å². The van der Waals surface area contributed by atoms with Gasteiger partial charge in [0, 0.05) is 23.3 Å². The lowest BCUT2D eigenvalue weighted by atomic mass is 10.1. The van der Waals surface area contributed by atoms with Crippen molar-refractivity contribution in [2.75, 3.05) is 7.11 Å². The van der Waals surface area contributed by atoms with Crippen molar-refractivity contribution in [3.05, 3.63) is 42.9 Å². The lowest BCUT2D eigenvalue weighted by Gasteiger charge is -2.03. The summed E-state index contributed by atoms with van der Waals surface area (Å²) >= 11 is 1.50. The molecule has 4 heteroatoms. The molecule has 1 aromatic carbocycles. The highest BCUT2D eigenvalue weighted by Gasteiger charge is 2.03. The lowest BCUT2D eigenvalue weighted by Crippen LogP contribution is -1.85. The zero-order chi connectivity index (χ0) is 11.7. The molecule has 0 amide bonds. The first-order valence-corrected chi connectivity index (χ1v) is 5.98. The van der Waals surface area contributed by atoms with Gasteiger partial charge in [-0.2, -0.15) is 4.37 Å². The summed E-state index contributed by atoms with van der Waals surface area (Å²) in [5.74, 6) is 0.770. The second kappa shape index (κ2) is 4.14. The van der Waals surface area contributed by atoms with Gasteiger partial charge in [-0.15, -0.1) is 0 Å². The number of rotatable bonds is 2. The molecule has 0 saturated carbocycles. The molecular formula is C13H10N2OS. The number of hydrogen-bond donors (Lipinski definition) is 0. The topological polar surface area (TPSA) is 35.0 Å². The molecule has 3 aromatic rings. The monoisotopic (exact) mass is 242 g/mol. The largest absolute Gasteiger partial charge is 0.495 e. The molecule has 0 N–H and O–H groups in total. The molecule has 0 aliphatic carbocycles. The van der Waals surface area contributed by atoms with Crippen molar-refractivity contribution in [1.82, 2.24) is 9.36 Å². The van der Waals surface area contributed by atoms with Crippen LogP contribution in [0.25, 0.3) is 21.2 Å². The van der Waals surface area contributed by atoms with E-state index in [0.717, 1.165) is 16.9 Å². The summed E-state index contributed by atoms with van der Waals surface area (Å²) in [6.07, 6.45) is 5.42. The first-order valence-electron chi connectivity index (χ1n) is 5.21. The minimum atomic E-state index is 0.770. The van der Waals surface area contributed by atoms with Crippen LogP contribution in [0.5, 0.6) is 5.75 Å². The second-order valence-electron chi connectivity index (χ2n) is 3.69. The number of methoxy groups -OCH3 is 1. The number of nitrogens with zero attached hydrogens (tertiary/aromatic N) is 2. The van der Waals surface area contributed by atoms with Crippen LogP contribution in [0.3, 0.4) is 0 Å². The third kappa shape index (κ3) is 1.87. The number of pyridine rings is 1. The predicted octanol–water partition coefficient (Wildman–Crippen LogP) is 3.37. The maximum atomic E-state index is 5.18. The van der Waals surface area contributed by atoms with Gasteiger partial charge in [-0.05, 0) is 29.2 Å². The van der Waals surface area contributed by atoms with Gasteiger partial charge in [-0.3, -0.25) is 4.98 Å².